The van der Waals surface area contributed by atoms with E-state index in [2.05, 4.69) is 0 Å². The van der Waals surface area contributed by atoms with Gasteiger partial charge in [-0.1, -0.05) is 6.42 Å². The summed E-state index contributed by atoms with van der Waals surface area (Å²) in [5.74, 6) is -21.9. The van der Waals surface area contributed by atoms with E-state index in [4.69, 9.17) is 15.0 Å². The average Bonchev–Trinajstić information content (AvgIpc) is 2.98. The summed E-state index contributed by atoms with van der Waals surface area (Å²) in [6, 6.07) is 0. The normalized spacial score (nSPS) is 27.6. The molecule has 2 bridgehead atoms. The molecule has 12 heteroatoms. The summed E-state index contributed by atoms with van der Waals surface area (Å²) in [4.78, 5) is 8.56. The molecule has 0 aromatic rings. The molecule has 0 amide bonds. The lowest BCUT2D eigenvalue weighted by Gasteiger charge is -2.39. The number of halogens is 9. The Morgan fingerprint density at radius 3 is 1.54 bits per heavy atom. The number of carboxylic acid groups (broad SMARTS) is 2. The lowest BCUT2D eigenvalue weighted by Crippen LogP contribution is -2.63. The molecule has 2 aliphatic rings. The average molecular weight is 376 g/mol. The third-order valence-electron chi connectivity index (χ3n) is 4.37. The number of hydrogen-bond donors (Lipinski definition) is 2. The van der Waals surface area contributed by atoms with Crippen LogP contribution in [0.5, 0.6) is 0 Å². The van der Waals surface area contributed by atoms with E-state index in [0.29, 0.717) is 6.42 Å². The zero-order valence-corrected chi connectivity index (χ0v) is 11.8. The first-order valence-corrected chi connectivity index (χ1v) is 6.67. The van der Waals surface area contributed by atoms with Crippen molar-refractivity contribution in [2.45, 2.75) is 49.6 Å². The molecule has 0 aromatic carbocycles. The van der Waals surface area contributed by atoms with Crippen LogP contribution in [0.2, 0.25) is 0 Å². The van der Waals surface area contributed by atoms with Gasteiger partial charge in [0.15, 0.2) is 0 Å². The number of fused-ring (bicyclic) bond motifs is 2. The van der Waals surface area contributed by atoms with Crippen LogP contribution in [-0.2, 0) is 0 Å². The Morgan fingerprint density at radius 1 is 0.792 bits per heavy atom. The summed E-state index contributed by atoms with van der Waals surface area (Å²) in [5.41, 5.74) is 0. The van der Waals surface area contributed by atoms with Gasteiger partial charge in [-0.3, -0.25) is 0 Å². The maximum Gasteiger partial charge on any atom is 0.503 e. The predicted octanol–water partition coefficient (Wildman–Crippen LogP) is 5.11. The van der Waals surface area contributed by atoms with Gasteiger partial charge in [-0.15, -0.1) is 0 Å². The third kappa shape index (κ3) is 3.37. The topological polar surface area (TPSA) is 57.5 Å². The minimum Gasteiger partial charge on any atom is -0.450 e. The Morgan fingerprint density at radius 2 is 1.25 bits per heavy atom. The summed E-state index contributed by atoms with van der Waals surface area (Å²) in [5, 5.41) is 13.9. The summed E-state index contributed by atoms with van der Waals surface area (Å²) in [6.07, 6.45) is -8.11. The zero-order valence-electron chi connectivity index (χ0n) is 11.8. The van der Waals surface area contributed by atoms with Crippen molar-refractivity contribution in [3.05, 3.63) is 0 Å². The largest absolute Gasteiger partial charge is 0.503 e. The molecule has 2 saturated carbocycles. The van der Waals surface area contributed by atoms with E-state index in [1.807, 2.05) is 0 Å². The van der Waals surface area contributed by atoms with Crippen molar-refractivity contribution in [2.24, 2.45) is 17.8 Å². The van der Waals surface area contributed by atoms with Crippen LogP contribution in [0.4, 0.5) is 44.3 Å². The Labute approximate surface area is 129 Å². The molecule has 0 aliphatic heterocycles. The Kier molecular flexibility index (Phi) is 5.32. The van der Waals surface area contributed by atoms with Gasteiger partial charge in [-0.2, -0.15) is 39.5 Å². The van der Waals surface area contributed by atoms with Crippen molar-refractivity contribution < 1.29 is 54.5 Å². The van der Waals surface area contributed by atoms with Gasteiger partial charge in [-0.05, 0) is 31.1 Å². The van der Waals surface area contributed by atoms with Crippen LogP contribution in [-0.4, -0.2) is 40.3 Å². The maximum absolute atomic E-state index is 13.7. The molecule has 0 aromatic heterocycles. The van der Waals surface area contributed by atoms with Crippen molar-refractivity contribution >= 4 is 6.16 Å². The van der Waals surface area contributed by atoms with Gasteiger partial charge in [0, 0.05) is 5.92 Å². The minimum atomic E-state index is -6.76. The van der Waals surface area contributed by atoms with Crippen molar-refractivity contribution in [1.29, 1.82) is 0 Å². The van der Waals surface area contributed by atoms with Gasteiger partial charge < -0.3 is 10.2 Å². The zero-order chi connectivity index (χ0) is 19.1. The van der Waals surface area contributed by atoms with E-state index in [1.165, 1.54) is 0 Å². The molecular formula is C12H13F9O3. The highest BCUT2D eigenvalue weighted by molar-refractivity contribution is 5.53. The van der Waals surface area contributed by atoms with Gasteiger partial charge in [0.25, 0.3) is 0 Å². The molecule has 2 N–H and O–H groups in total. The number of rotatable bonds is 3. The molecule has 3 nitrogen and oxygen atoms in total. The van der Waals surface area contributed by atoms with Crippen LogP contribution >= 0.6 is 0 Å². The predicted molar refractivity (Wildman–Crippen MR) is 60.5 cm³/mol. The van der Waals surface area contributed by atoms with Crippen LogP contribution in [0.25, 0.3) is 0 Å². The first-order chi connectivity index (χ1) is 10.6. The van der Waals surface area contributed by atoms with E-state index in [1.54, 1.807) is 0 Å². The first-order valence-electron chi connectivity index (χ1n) is 6.67. The fourth-order valence-electron chi connectivity index (χ4n) is 3.31. The molecule has 3 atom stereocenters. The third-order valence-corrected chi connectivity index (χ3v) is 4.37. The monoisotopic (exact) mass is 376 g/mol. The number of alkyl halides is 9. The van der Waals surface area contributed by atoms with E-state index in [0.717, 1.165) is 0 Å². The highest BCUT2D eigenvalue weighted by Gasteiger charge is 2.83. The van der Waals surface area contributed by atoms with Crippen LogP contribution < -0.4 is 0 Å². The molecular weight excluding hydrogens is 363 g/mol. The van der Waals surface area contributed by atoms with Crippen molar-refractivity contribution in [3.8, 4) is 0 Å². The standard InChI is InChI=1S/C11H11F9.CH2O3/c12-8(13,7-4-5-1-2-6(7)3-5)9(14,15)10(16,17)11(18,19)20;2-1(3)4/h5-7H,1-4H2;(H2,2,3,4). The van der Waals surface area contributed by atoms with Gasteiger partial charge >= 0.3 is 30.1 Å². The van der Waals surface area contributed by atoms with Crippen LogP contribution in [0.15, 0.2) is 0 Å². The fraction of sp³-hybridized carbons (Fsp3) is 0.917. The molecule has 0 spiro atoms. The molecule has 142 valence electrons. The highest BCUT2D eigenvalue weighted by atomic mass is 19.4. The molecule has 24 heavy (non-hydrogen) atoms. The Balaban J connectivity index is 0.000000648. The van der Waals surface area contributed by atoms with E-state index in [9.17, 15) is 39.5 Å². The van der Waals surface area contributed by atoms with Gasteiger partial charge in [0.2, 0.25) is 0 Å². The lowest BCUT2D eigenvalue weighted by molar-refractivity contribution is -0.404. The first kappa shape index (κ1) is 20.7. The molecule has 0 radical (unpaired) electrons. The van der Waals surface area contributed by atoms with Crippen molar-refractivity contribution in [1.82, 2.24) is 0 Å². The second-order valence-corrected chi connectivity index (χ2v) is 5.83. The summed E-state index contributed by atoms with van der Waals surface area (Å²) in [7, 11) is 0. The number of carbonyl (C=O) groups is 1. The SMILES string of the molecule is FC(F)(F)C(F)(F)C(F)(F)C(F)(F)C1CC2CCC1C2.O=C(O)O. The second kappa shape index (κ2) is 6.17. The Bertz CT molecular complexity index is 471. The van der Waals surface area contributed by atoms with Crippen LogP contribution in [0, 0.1) is 17.8 Å². The number of hydrogen-bond acceptors (Lipinski definition) is 1. The maximum atomic E-state index is 13.7. The molecule has 3 unspecified atom stereocenters. The van der Waals surface area contributed by atoms with Crippen molar-refractivity contribution in [3.63, 3.8) is 0 Å². The van der Waals surface area contributed by atoms with Gasteiger partial charge in [0.1, 0.15) is 0 Å². The minimum absolute atomic E-state index is 0.165. The van der Waals surface area contributed by atoms with Crippen molar-refractivity contribution in [2.75, 3.05) is 0 Å². The summed E-state index contributed by atoms with van der Waals surface area (Å²) >= 11 is 0. The van der Waals surface area contributed by atoms with Crippen LogP contribution in [0.1, 0.15) is 25.7 Å². The highest BCUT2D eigenvalue weighted by Crippen LogP contribution is 2.61. The van der Waals surface area contributed by atoms with Gasteiger partial charge in [0.05, 0.1) is 0 Å². The summed E-state index contributed by atoms with van der Waals surface area (Å²) < 4.78 is 115. The smallest absolute Gasteiger partial charge is 0.450 e. The summed E-state index contributed by atoms with van der Waals surface area (Å²) in [6.45, 7) is 0. The van der Waals surface area contributed by atoms with E-state index in [-0.39, 0.29) is 18.8 Å². The van der Waals surface area contributed by atoms with Gasteiger partial charge in [-0.25, -0.2) is 4.79 Å². The van der Waals surface area contributed by atoms with E-state index < -0.39 is 48.4 Å². The molecule has 2 aliphatic carbocycles. The van der Waals surface area contributed by atoms with Crippen LogP contribution in [0.3, 0.4) is 0 Å². The molecule has 0 heterocycles. The lowest BCUT2D eigenvalue weighted by atomic mass is 9.80. The molecule has 0 saturated heterocycles. The molecule has 2 fully saturated rings. The Hall–Kier alpha value is -1.36. The quantitative estimate of drug-likeness (QED) is 0.673. The van der Waals surface area contributed by atoms with E-state index >= 15 is 0 Å². The fourth-order valence-corrected chi connectivity index (χ4v) is 3.31. The second-order valence-electron chi connectivity index (χ2n) is 5.83. The molecule has 2 rings (SSSR count).